The maximum Gasteiger partial charge on any atom is 0.293 e. The summed E-state index contributed by atoms with van der Waals surface area (Å²) in [4.78, 5) is 39.1. The molecule has 3 amide bonds. The van der Waals surface area contributed by atoms with Crippen LogP contribution >= 0.6 is 11.8 Å². The van der Waals surface area contributed by atoms with Gasteiger partial charge < -0.3 is 14.5 Å². The van der Waals surface area contributed by atoms with Gasteiger partial charge >= 0.3 is 0 Å². The van der Waals surface area contributed by atoms with E-state index in [0.29, 0.717) is 16.6 Å². The number of carbonyl (C=O) groups is 3. The third-order valence-corrected chi connectivity index (χ3v) is 6.87. The number of amides is 3. The molecule has 1 N–H and O–H groups in total. The molecule has 0 aliphatic carbocycles. The average molecular weight is 493 g/mol. The van der Waals surface area contributed by atoms with Gasteiger partial charge in [-0.15, -0.1) is 0 Å². The minimum atomic E-state index is -0.359. The van der Waals surface area contributed by atoms with Gasteiger partial charge in [0, 0.05) is 24.0 Å². The van der Waals surface area contributed by atoms with E-state index in [1.165, 1.54) is 5.56 Å². The van der Waals surface area contributed by atoms with Crippen LogP contribution in [0.5, 0.6) is 5.75 Å². The lowest BCUT2D eigenvalue weighted by atomic mass is 9.95. The van der Waals surface area contributed by atoms with Gasteiger partial charge in [-0.25, -0.2) is 0 Å². The van der Waals surface area contributed by atoms with Crippen molar-refractivity contribution in [1.82, 2.24) is 10.2 Å². The third-order valence-electron chi connectivity index (χ3n) is 5.96. The highest BCUT2D eigenvalue weighted by Crippen LogP contribution is 2.32. The topological polar surface area (TPSA) is 88.8 Å². The summed E-state index contributed by atoms with van der Waals surface area (Å²) < 4.78 is 10.8. The van der Waals surface area contributed by atoms with Crippen LogP contribution in [0.3, 0.4) is 0 Å². The zero-order valence-electron chi connectivity index (χ0n) is 20.2. The molecule has 1 fully saturated rings. The lowest BCUT2D eigenvalue weighted by Crippen LogP contribution is -2.37. The smallest absolute Gasteiger partial charge is 0.293 e. The van der Waals surface area contributed by atoms with Crippen molar-refractivity contribution in [2.45, 2.75) is 33.1 Å². The largest absolute Gasteiger partial charge is 0.497 e. The Morgan fingerprint density at radius 2 is 1.94 bits per heavy atom. The minimum absolute atomic E-state index is 0.110. The summed E-state index contributed by atoms with van der Waals surface area (Å²) in [5, 5.41) is 3.40. The zero-order chi connectivity index (χ0) is 25.1. The molecule has 35 heavy (non-hydrogen) atoms. The Balaban J connectivity index is 1.34. The maximum absolute atomic E-state index is 12.7. The van der Waals surface area contributed by atoms with E-state index in [1.54, 1.807) is 31.6 Å². The molecule has 1 aliphatic heterocycles. The average Bonchev–Trinajstić information content (AvgIpc) is 3.33. The lowest BCUT2D eigenvalue weighted by molar-refractivity contribution is -0.124. The van der Waals surface area contributed by atoms with Gasteiger partial charge in [-0.05, 0) is 71.6 Å². The molecule has 3 aromatic rings. The summed E-state index contributed by atoms with van der Waals surface area (Å²) in [6.07, 6.45) is 3.46. The highest BCUT2D eigenvalue weighted by molar-refractivity contribution is 8.18. The first-order chi connectivity index (χ1) is 16.8. The summed E-state index contributed by atoms with van der Waals surface area (Å²) in [5.41, 5.74) is 4.76. The quantitative estimate of drug-likeness (QED) is 0.431. The molecule has 1 aliphatic rings. The van der Waals surface area contributed by atoms with Gasteiger partial charge in [0.1, 0.15) is 11.3 Å². The number of rotatable bonds is 8. The highest BCUT2D eigenvalue weighted by Gasteiger charge is 2.34. The number of fused-ring (bicyclic) bond motifs is 1. The number of imide groups is 1. The predicted octanol–water partition coefficient (Wildman–Crippen LogP) is 5.27. The monoisotopic (exact) mass is 492 g/mol. The summed E-state index contributed by atoms with van der Waals surface area (Å²) in [7, 11) is 1.58. The van der Waals surface area contributed by atoms with E-state index in [2.05, 4.69) is 32.2 Å². The van der Waals surface area contributed by atoms with E-state index < -0.39 is 0 Å². The number of hydrogen-bond donors (Lipinski definition) is 1. The van der Waals surface area contributed by atoms with Gasteiger partial charge in [-0.3, -0.25) is 19.3 Å². The molecule has 0 unspecified atom stereocenters. The predicted molar refractivity (Wildman–Crippen MR) is 137 cm³/mol. The fourth-order valence-corrected chi connectivity index (χ4v) is 4.96. The summed E-state index contributed by atoms with van der Waals surface area (Å²) in [5.74, 6) is 0.528. The summed E-state index contributed by atoms with van der Waals surface area (Å²) in [6.45, 7) is 6.62. The van der Waals surface area contributed by atoms with E-state index >= 15 is 0 Å². The zero-order valence-corrected chi connectivity index (χ0v) is 21.0. The Kier molecular flexibility index (Phi) is 7.31. The van der Waals surface area contributed by atoms with Crippen molar-refractivity contribution in [3.05, 3.63) is 69.8 Å². The van der Waals surface area contributed by atoms with E-state index in [9.17, 15) is 14.4 Å². The number of ether oxygens (including phenoxy) is 1. The molecule has 182 valence electrons. The molecular formula is C27H28N2O5S. The summed E-state index contributed by atoms with van der Waals surface area (Å²) >= 11 is 0.897. The third kappa shape index (κ3) is 5.43. The van der Waals surface area contributed by atoms with Crippen LogP contribution in [-0.2, 0) is 16.0 Å². The molecule has 1 aromatic heterocycles. The van der Waals surface area contributed by atoms with Gasteiger partial charge in [0.2, 0.25) is 5.91 Å². The summed E-state index contributed by atoms with van der Waals surface area (Å²) in [6, 6.07) is 11.3. The number of thioether (sulfide) groups is 1. The van der Waals surface area contributed by atoms with Gasteiger partial charge in [0.05, 0.1) is 24.7 Å². The normalized spacial score (nSPS) is 15.0. The van der Waals surface area contributed by atoms with Crippen molar-refractivity contribution in [2.75, 3.05) is 20.2 Å². The number of aryl methyl sites for hydroxylation is 1. The van der Waals surface area contributed by atoms with Crippen molar-refractivity contribution in [3.8, 4) is 5.75 Å². The fourth-order valence-electron chi connectivity index (χ4n) is 4.09. The van der Waals surface area contributed by atoms with Crippen LogP contribution in [0.1, 0.15) is 42.0 Å². The van der Waals surface area contributed by atoms with Crippen molar-refractivity contribution in [1.29, 1.82) is 0 Å². The number of nitrogens with one attached hydrogen (secondary N) is 1. The fraction of sp³-hybridized carbons (Fsp3) is 0.296. The first kappa shape index (κ1) is 24.6. The SMILES string of the molecule is COc1ccc(C=C2SC(=O)N(CCNC(=O)Cc3coc4cc(C)c(C(C)C)cc34)C2=O)cc1. The van der Waals surface area contributed by atoms with Crippen LogP contribution in [0.15, 0.2) is 52.0 Å². The molecule has 4 rings (SSSR count). The van der Waals surface area contributed by atoms with Crippen molar-refractivity contribution in [3.63, 3.8) is 0 Å². The van der Waals surface area contributed by atoms with E-state index in [4.69, 9.17) is 9.15 Å². The Bertz CT molecular complexity index is 1310. The Morgan fingerprint density at radius 1 is 1.20 bits per heavy atom. The standard InChI is InChI=1S/C27H28N2O5S/c1-16(2)21-14-22-19(15-34-23(22)11-17(21)3)13-25(30)28-9-10-29-26(31)24(35-27(29)32)12-18-5-7-20(33-4)8-6-18/h5-8,11-12,14-16H,9-10,13H2,1-4H3,(H,28,30). The van der Waals surface area contributed by atoms with Crippen LogP contribution in [0.2, 0.25) is 0 Å². The second-order valence-electron chi connectivity index (χ2n) is 8.75. The van der Waals surface area contributed by atoms with Crippen molar-refractivity contribution < 1.29 is 23.5 Å². The first-order valence-corrected chi connectivity index (χ1v) is 12.2. The number of methoxy groups -OCH3 is 1. The molecule has 0 spiro atoms. The van der Waals surface area contributed by atoms with Gasteiger partial charge in [-0.1, -0.05) is 26.0 Å². The van der Waals surface area contributed by atoms with E-state index in [-0.39, 0.29) is 36.6 Å². The van der Waals surface area contributed by atoms with Gasteiger partial charge in [0.15, 0.2) is 0 Å². The molecule has 1 saturated heterocycles. The molecule has 0 saturated carbocycles. The van der Waals surface area contributed by atoms with E-state index in [1.807, 2.05) is 18.2 Å². The molecular weight excluding hydrogens is 464 g/mol. The van der Waals surface area contributed by atoms with Crippen LogP contribution in [-0.4, -0.2) is 42.2 Å². The van der Waals surface area contributed by atoms with Gasteiger partial charge in [0.25, 0.3) is 11.1 Å². The lowest BCUT2D eigenvalue weighted by Gasteiger charge is -2.13. The van der Waals surface area contributed by atoms with Crippen LogP contribution in [0.4, 0.5) is 4.79 Å². The molecule has 0 bridgehead atoms. The van der Waals surface area contributed by atoms with Crippen molar-refractivity contribution in [2.24, 2.45) is 0 Å². The molecule has 2 heterocycles. The molecule has 0 atom stereocenters. The van der Waals surface area contributed by atoms with Crippen LogP contribution < -0.4 is 10.1 Å². The number of hydrogen-bond acceptors (Lipinski definition) is 6. The molecule has 7 nitrogen and oxygen atoms in total. The molecule has 8 heteroatoms. The first-order valence-electron chi connectivity index (χ1n) is 11.4. The van der Waals surface area contributed by atoms with E-state index in [0.717, 1.165) is 44.3 Å². The minimum Gasteiger partial charge on any atom is -0.497 e. The molecule has 0 radical (unpaired) electrons. The van der Waals surface area contributed by atoms with Gasteiger partial charge in [-0.2, -0.15) is 0 Å². The highest BCUT2D eigenvalue weighted by atomic mass is 32.2. The number of nitrogens with zero attached hydrogens (tertiary/aromatic N) is 1. The van der Waals surface area contributed by atoms with Crippen molar-refractivity contribution >= 4 is 45.9 Å². The maximum atomic E-state index is 12.7. The second-order valence-corrected chi connectivity index (χ2v) is 9.75. The Hall–Kier alpha value is -3.52. The van der Waals surface area contributed by atoms with Crippen LogP contribution in [0, 0.1) is 6.92 Å². The molecule has 2 aromatic carbocycles. The Labute approximate surface area is 208 Å². The number of carbonyl (C=O) groups excluding carboxylic acids is 3. The second kappa shape index (κ2) is 10.4. The number of furan rings is 1. The number of benzene rings is 2. The Morgan fingerprint density at radius 3 is 2.63 bits per heavy atom. The van der Waals surface area contributed by atoms with Crippen LogP contribution in [0.25, 0.3) is 17.0 Å².